The fraction of sp³-hybridized carbons (Fsp3) is 0.455. The van der Waals surface area contributed by atoms with E-state index in [0.717, 1.165) is 30.0 Å². The van der Waals surface area contributed by atoms with Gasteiger partial charge in [-0.15, -0.1) is 0 Å². The lowest BCUT2D eigenvalue weighted by atomic mass is 10.2. The number of anilines is 1. The van der Waals surface area contributed by atoms with E-state index in [1.807, 2.05) is 12.1 Å². The standard InChI is InChI=1S/C11H13BrFN/c12-7-9-5-6-14(8-9)11-3-1-10(13)2-4-11/h1-4,9H,5-8H2. The lowest BCUT2D eigenvalue weighted by Gasteiger charge is -2.18. The van der Waals surface area contributed by atoms with Crippen molar-refractivity contribution in [3.8, 4) is 0 Å². The molecule has 3 heteroatoms. The van der Waals surface area contributed by atoms with Crippen LogP contribution in [-0.2, 0) is 0 Å². The first-order valence-corrected chi connectivity index (χ1v) is 5.98. The third-order valence-corrected chi connectivity index (χ3v) is 3.61. The highest BCUT2D eigenvalue weighted by atomic mass is 79.9. The van der Waals surface area contributed by atoms with Crippen molar-refractivity contribution in [1.82, 2.24) is 0 Å². The van der Waals surface area contributed by atoms with Gasteiger partial charge in [0, 0.05) is 24.1 Å². The molecule has 0 amide bonds. The van der Waals surface area contributed by atoms with Crippen molar-refractivity contribution in [3.63, 3.8) is 0 Å². The summed E-state index contributed by atoms with van der Waals surface area (Å²) in [6.45, 7) is 2.17. The summed E-state index contributed by atoms with van der Waals surface area (Å²) in [4.78, 5) is 2.31. The van der Waals surface area contributed by atoms with E-state index < -0.39 is 0 Å². The van der Waals surface area contributed by atoms with Crippen LogP contribution in [0.1, 0.15) is 6.42 Å². The second-order valence-corrected chi connectivity index (χ2v) is 4.38. The van der Waals surface area contributed by atoms with Crippen molar-refractivity contribution in [2.75, 3.05) is 23.3 Å². The molecule has 1 atom stereocenters. The molecule has 1 aliphatic rings. The van der Waals surface area contributed by atoms with Gasteiger partial charge in [-0.25, -0.2) is 4.39 Å². The normalized spacial score (nSPS) is 21.6. The summed E-state index contributed by atoms with van der Waals surface area (Å²) in [6, 6.07) is 6.76. The quantitative estimate of drug-likeness (QED) is 0.737. The molecule has 0 saturated carbocycles. The van der Waals surface area contributed by atoms with Crippen molar-refractivity contribution < 1.29 is 4.39 Å². The minimum absolute atomic E-state index is 0.162. The number of rotatable bonds is 2. The van der Waals surface area contributed by atoms with E-state index in [2.05, 4.69) is 20.8 Å². The second-order valence-electron chi connectivity index (χ2n) is 3.73. The molecule has 1 aromatic carbocycles. The van der Waals surface area contributed by atoms with Crippen LogP contribution < -0.4 is 4.90 Å². The highest BCUT2D eigenvalue weighted by molar-refractivity contribution is 9.09. The van der Waals surface area contributed by atoms with Gasteiger partial charge in [0.1, 0.15) is 5.82 Å². The van der Waals surface area contributed by atoms with Crippen LogP contribution in [0.25, 0.3) is 0 Å². The molecule has 0 aliphatic carbocycles. The number of halogens is 2. The number of hydrogen-bond donors (Lipinski definition) is 0. The molecule has 0 spiro atoms. The maximum Gasteiger partial charge on any atom is 0.123 e. The summed E-state index contributed by atoms with van der Waals surface area (Å²) in [5, 5.41) is 1.06. The van der Waals surface area contributed by atoms with Gasteiger partial charge in [-0.3, -0.25) is 0 Å². The van der Waals surface area contributed by atoms with E-state index in [9.17, 15) is 4.39 Å². The Morgan fingerprint density at radius 2 is 2.07 bits per heavy atom. The van der Waals surface area contributed by atoms with Crippen LogP contribution in [0, 0.1) is 11.7 Å². The van der Waals surface area contributed by atoms with Crippen molar-refractivity contribution in [1.29, 1.82) is 0 Å². The third kappa shape index (κ3) is 2.08. The van der Waals surface area contributed by atoms with Crippen LogP contribution in [0.5, 0.6) is 0 Å². The fourth-order valence-electron chi connectivity index (χ4n) is 1.85. The zero-order chi connectivity index (χ0) is 9.97. The average Bonchev–Trinajstić information content (AvgIpc) is 2.67. The van der Waals surface area contributed by atoms with E-state index in [1.54, 1.807) is 0 Å². The van der Waals surface area contributed by atoms with Gasteiger partial charge in [0.2, 0.25) is 0 Å². The largest absolute Gasteiger partial charge is 0.371 e. The van der Waals surface area contributed by atoms with E-state index in [4.69, 9.17) is 0 Å². The summed E-state index contributed by atoms with van der Waals surface area (Å²) in [5.74, 6) is 0.574. The Hall–Kier alpha value is -0.570. The molecular weight excluding hydrogens is 245 g/mol. The van der Waals surface area contributed by atoms with Crippen molar-refractivity contribution in [3.05, 3.63) is 30.1 Å². The van der Waals surface area contributed by atoms with Gasteiger partial charge < -0.3 is 4.90 Å². The molecule has 0 radical (unpaired) electrons. The fourth-order valence-corrected chi connectivity index (χ4v) is 2.37. The van der Waals surface area contributed by atoms with Crippen LogP contribution in [0.2, 0.25) is 0 Å². The molecule has 76 valence electrons. The number of nitrogens with zero attached hydrogens (tertiary/aromatic N) is 1. The monoisotopic (exact) mass is 257 g/mol. The lowest BCUT2D eigenvalue weighted by molar-refractivity contribution is 0.627. The van der Waals surface area contributed by atoms with Crippen LogP contribution in [0.4, 0.5) is 10.1 Å². The number of hydrogen-bond acceptors (Lipinski definition) is 1. The average molecular weight is 258 g/mol. The van der Waals surface area contributed by atoms with Gasteiger partial charge in [-0.2, -0.15) is 0 Å². The highest BCUT2D eigenvalue weighted by Crippen LogP contribution is 2.24. The zero-order valence-corrected chi connectivity index (χ0v) is 9.50. The Balaban J connectivity index is 2.06. The van der Waals surface area contributed by atoms with Crippen LogP contribution in [-0.4, -0.2) is 18.4 Å². The molecule has 1 heterocycles. The maximum atomic E-state index is 12.7. The van der Waals surface area contributed by atoms with Gasteiger partial charge in [0.25, 0.3) is 0 Å². The molecule has 1 unspecified atom stereocenters. The predicted molar refractivity (Wildman–Crippen MR) is 60.5 cm³/mol. The molecule has 2 rings (SSSR count). The number of benzene rings is 1. The van der Waals surface area contributed by atoms with E-state index in [1.165, 1.54) is 18.6 Å². The van der Waals surface area contributed by atoms with E-state index in [0.29, 0.717) is 0 Å². The summed E-state index contributed by atoms with van der Waals surface area (Å²) in [7, 11) is 0. The van der Waals surface area contributed by atoms with Crippen LogP contribution >= 0.6 is 15.9 Å². The summed E-state index contributed by atoms with van der Waals surface area (Å²) in [5.41, 5.74) is 1.13. The summed E-state index contributed by atoms with van der Waals surface area (Å²) in [6.07, 6.45) is 1.22. The first kappa shape index (κ1) is 9.97. The third-order valence-electron chi connectivity index (χ3n) is 2.70. The molecule has 1 saturated heterocycles. The first-order valence-electron chi connectivity index (χ1n) is 4.86. The maximum absolute atomic E-state index is 12.7. The van der Waals surface area contributed by atoms with Gasteiger partial charge in [-0.1, -0.05) is 15.9 Å². The van der Waals surface area contributed by atoms with Crippen LogP contribution in [0.15, 0.2) is 24.3 Å². The molecule has 1 aromatic rings. The molecule has 14 heavy (non-hydrogen) atoms. The van der Waals surface area contributed by atoms with Crippen molar-refractivity contribution in [2.45, 2.75) is 6.42 Å². The van der Waals surface area contributed by atoms with E-state index >= 15 is 0 Å². The summed E-state index contributed by atoms with van der Waals surface area (Å²) < 4.78 is 12.7. The van der Waals surface area contributed by atoms with Gasteiger partial charge in [-0.05, 0) is 36.6 Å². The Bertz CT molecular complexity index is 299. The second kappa shape index (κ2) is 4.30. The van der Waals surface area contributed by atoms with E-state index in [-0.39, 0.29) is 5.82 Å². The molecule has 0 aromatic heterocycles. The Morgan fingerprint density at radius 1 is 1.36 bits per heavy atom. The van der Waals surface area contributed by atoms with Gasteiger partial charge in [0.05, 0.1) is 0 Å². The molecule has 0 N–H and O–H groups in total. The minimum Gasteiger partial charge on any atom is -0.371 e. The molecule has 1 nitrogen and oxygen atoms in total. The zero-order valence-electron chi connectivity index (χ0n) is 7.92. The minimum atomic E-state index is -0.162. The molecule has 1 fully saturated rings. The molecular formula is C11H13BrFN. The van der Waals surface area contributed by atoms with Crippen molar-refractivity contribution in [2.24, 2.45) is 5.92 Å². The summed E-state index contributed by atoms with van der Waals surface area (Å²) >= 11 is 3.50. The smallest absolute Gasteiger partial charge is 0.123 e. The van der Waals surface area contributed by atoms with Gasteiger partial charge >= 0.3 is 0 Å². The topological polar surface area (TPSA) is 3.24 Å². The first-order chi connectivity index (χ1) is 6.79. The lowest BCUT2D eigenvalue weighted by Crippen LogP contribution is -2.19. The van der Waals surface area contributed by atoms with Crippen LogP contribution in [0.3, 0.4) is 0 Å². The van der Waals surface area contributed by atoms with Crippen molar-refractivity contribution >= 4 is 21.6 Å². The molecule has 1 aliphatic heterocycles. The Labute approximate surface area is 92.0 Å². The highest BCUT2D eigenvalue weighted by Gasteiger charge is 2.21. The Kier molecular flexibility index (Phi) is 3.06. The SMILES string of the molecule is Fc1ccc(N2CCC(CBr)C2)cc1. The van der Waals surface area contributed by atoms with Gasteiger partial charge in [0.15, 0.2) is 0 Å². The Morgan fingerprint density at radius 3 is 2.64 bits per heavy atom. The number of alkyl halides is 1. The predicted octanol–water partition coefficient (Wildman–Crippen LogP) is 3.05. The molecule has 0 bridgehead atoms.